The number of aryl methyl sites for hydroxylation is 1. The summed E-state index contributed by atoms with van der Waals surface area (Å²) in [6.45, 7) is 10.6. The summed E-state index contributed by atoms with van der Waals surface area (Å²) in [7, 11) is 0. The molecule has 0 aliphatic carbocycles. The van der Waals surface area contributed by atoms with Crippen LogP contribution in [-0.4, -0.2) is 58.8 Å². The maximum atomic E-state index is 12.6. The molecule has 0 bridgehead atoms. The van der Waals surface area contributed by atoms with Crippen molar-refractivity contribution in [2.75, 3.05) is 26.3 Å². The Morgan fingerprint density at radius 1 is 1.48 bits per heavy atom. The maximum Gasteiger partial charge on any atom is 0.178 e. The summed E-state index contributed by atoms with van der Waals surface area (Å²) in [6, 6.07) is 2.18. The summed E-state index contributed by atoms with van der Waals surface area (Å²) in [5, 5.41) is 9.22. The van der Waals surface area contributed by atoms with E-state index in [2.05, 4.69) is 23.3 Å². The zero-order valence-electron chi connectivity index (χ0n) is 13.4. The van der Waals surface area contributed by atoms with E-state index in [9.17, 15) is 9.90 Å². The first kappa shape index (κ1) is 16.2. The zero-order valence-corrected chi connectivity index (χ0v) is 13.4. The quantitative estimate of drug-likeness (QED) is 0.834. The molecule has 1 saturated heterocycles. The summed E-state index contributed by atoms with van der Waals surface area (Å²) in [4.78, 5) is 14.7. The predicted molar refractivity (Wildman–Crippen MR) is 81.8 cm³/mol. The van der Waals surface area contributed by atoms with Crippen molar-refractivity contribution in [1.82, 2.24) is 9.47 Å². The van der Waals surface area contributed by atoms with Crippen LogP contribution < -0.4 is 0 Å². The average molecular weight is 294 g/mol. The van der Waals surface area contributed by atoms with E-state index in [1.165, 1.54) is 0 Å². The molecule has 2 atom stereocenters. The number of rotatable bonds is 5. The van der Waals surface area contributed by atoms with E-state index in [1.54, 1.807) is 0 Å². The summed E-state index contributed by atoms with van der Waals surface area (Å²) < 4.78 is 7.67. The Morgan fingerprint density at radius 2 is 2.19 bits per heavy atom. The molecule has 21 heavy (non-hydrogen) atoms. The first-order chi connectivity index (χ1) is 9.97. The molecular weight excluding hydrogens is 268 g/mol. The third-order valence-electron chi connectivity index (χ3n) is 4.38. The van der Waals surface area contributed by atoms with Gasteiger partial charge >= 0.3 is 0 Å². The number of ketones is 1. The zero-order chi connectivity index (χ0) is 15.6. The van der Waals surface area contributed by atoms with Gasteiger partial charge in [0.15, 0.2) is 5.78 Å². The van der Waals surface area contributed by atoms with Gasteiger partial charge in [-0.15, -0.1) is 0 Å². The molecule has 1 aliphatic heterocycles. The van der Waals surface area contributed by atoms with Crippen molar-refractivity contribution < 1.29 is 14.6 Å². The molecule has 0 amide bonds. The minimum absolute atomic E-state index is 0.00174. The molecule has 1 aromatic heterocycles. The molecule has 1 aliphatic rings. The van der Waals surface area contributed by atoms with Crippen molar-refractivity contribution in [1.29, 1.82) is 0 Å². The third-order valence-corrected chi connectivity index (χ3v) is 4.38. The molecule has 1 fully saturated rings. The van der Waals surface area contributed by atoms with Gasteiger partial charge in [-0.2, -0.15) is 0 Å². The standard InChI is InChI=1S/C16H26N2O3/c1-5-18-11(2)6-15(13(18)4)16(20)8-17-7-14(9-19)21-10-12(17)3/h6,12,14,19H,5,7-10H2,1-4H3. The van der Waals surface area contributed by atoms with E-state index >= 15 is 0 Å². The van der Waals surface area contributed by atoms with E-state index in [1.807, 2.05) is 19.9 Å². The Hall–Kier alpha value is -1.17. The highest BCUT2D eigenvalue weighted by molar-refractivity contribution is 5.99. The van der Waals surface area contributed by atoms with Gasteiger partial charge in [-0.3, -0.25) is 9.69 Å². The van der Waals surface area contributed by atoms with Crippen LogP contribution in [0.15, 0.2) is 6.07 Å². The molecule has 2 unspecified atom stereocenters. The number of hydrogen-bond donors (Lipinski definition) is 1. The van der Waals surface area contributed by atoms with Crippen LogP contribution in [0.5, 0.6) is 0 Å². The van der Waals surface area contributed by atoms with Crippen molar-refractivity contribution in [2.24, 2.45) is 0 Å². The van der Waals surface area contributed by atoms with Crippen molar-refractivity contribution in [3.63, 3.8) is 0 Å². The number of hydrogen-bond acceptors (Lipinski definition) is 4. The molecule has 2 heterocycles. The second-order valence-corrected chi connectivity index (χ2v) is 5.87. The Kier molecular flexibility index (Phi) is 5.19. The Bertz CT molecular complexity index is 510. The van der Waals surface area contributed by atoms with Crippen LogP contribution in [0.25, 0.3) is 0 Å². The Morgan fingerprint density at radius 3 is 2.76 bits per heavy atom. The van der Waals surface area contributed by atoms with Crippen LogP contribution in [0.2, 0.25) is 0 Å². The second-order valence-electron chi connectivity index (χ2n) is 5.87. The van der Waals surface area contributed by atoms with Gasteiger partial charge in [0.2, 0.25) is 0 Å². The lowest BCUT2D eigenvalue weighted by atomic mass is 10.1. The van der Waals surface area contributed by atoms with Gasteiger partial charge in [-0.25, -0.2) is 0 Å². The summed E-state index contributed by atoms with van der Waals surface area (Å²) in [5.41, 5.74) is 2.98. The topological polar surface area (TPSA) is 54.7 Å². The fourth-order valence-electron chi connectivity index (χ4n) is 3.05. The smallest absolute Gasteiger partial charge is 0.178 e. The number of nitrogens with zero attached hydrogens (tertiary/aromatic N) is 2. The number of aromatic nitrogens is 1. The summed E-state index contributed by atoms with van der Waals surface area (Å²) in [5.74, 6) is 0.147. The SMILES string of the molecule is CCn1c(C)cc(C(=O)CN2CC(CO)OCC2C)c1C. The van der Waals surface area contributed by atoms with Gasteiger partial charge in [0, 0.05) is 36.1 Å². The van der Waals surface area contributed by atoms with Crippen LogP contribution in [0, 0.1) is 13.8 Å². The monoisotopic (exact) mass is 294 g/mol. The van der Waals surface area contributed by atoms with E-state index in [0.717, 1.165) is 23.5 Å². The molecule has 0 spiro atoms. The van der Waals surface area contributed by atoms with E-state index < -0.39 is 0 Å². The van der Waals surface area contributed by atoms with Crippen molar-refractivity contribution in [3.8, 4) is 0 Å². The van der Waals surface area contributed by atoms with Gasteiger partial charge in [-0.1, -0.05) is 0 Å². The van der Waals surface area contributed by atoms with Gasteiger partial charge in [0.25, 0.3) is 0 Å². The van der Waals surface area contributed by atoms with Crippen LogP contribution in [0.4, 0.5) is 0 Å². The van der Waals surface area contributed by atoms with E-state index in [4.69, 9.17) is 4.74 Å². The molecule has 5 nitrogen and oxygen atoms in total. The maximum absolute atomic E-state index is 12.6. The number of morpholine rings is 1. The number of aliphatic hydroxyl groups is 1. The van der Waals surface area contributed by atoms with E-state index in [0.29, 0.717) is 19.7 Å². The number of carbonyl (C=O) groups is 1. The van der Waals surface area contributed by atoms with Crippen LogP contribution >= 0.6 is 0 Å². The third kappa shape index (κ3) is 3.36. The minimum Gasteiger partial charge on any atom is -0.394 e. The largest absolute Gasteiger partial charge is 0.394 e. The normalized spacial score (nSPS) is 23.5. The van der Waals surface area contributed by atoms with Crippen molar-refractivity contribution in [2.45, 2.75) is 46.4 Å². The lowest BCUT2D eigenvalue weighted by Crippen LogP contribution is -2.51. The van der Waals surface area contributed by atoms with Gasteiger partial charge in [0.1, 0.15) is 0 Å². The molecule has 1 N–H and O–H groups in total. The van der Waals surface area contributed by atoms with Gasteiger partial charge < -0.3 is 14.4 Å². The molecule has 1 aromatic rings. The number of ether oxygens (including phenoxy) is 1. The van der Waals surface area contributed by atoms with Gasteiger partial charge in [-0.05, 0) is 33.8 Å². The second kappa shape index (κ2) is 6.73. The van der Waals surface area contributed by atoms with Crippen molar-refractivity contribution >= 4 is 5.78 Å². The molecule has 0 saturated carbocycles. The fraction of sp³-hybridized carbons (Fsp3) is 0.688. The average Bonchev–Trinajstić information content (AvgIpc) is 2.75. The first-order valence-electron chi connectivity index (χ1n) is 7.64. The Labute approximate surface area is 126 Å². The van der Waals surface area contributed by atoms with E-state index in [-0.39, 0.29) is 24.5 Å². The minimum atomic E-state index is -0.183. The predicted octanol–water partition coefficient (Wildman–Crippen LogP) is 1.39. The van der Waals surface area contributed by atoms with Crippen LogP contribution in [0.1, 0.15) is 35.6 Å². The molecule has 118 valence electrons. The lowest BCUT2D eigenvalue weighted by molar-refractivity contribution is -0.0747. The highest BCUT2D eigenvalue weighted by Crippen LogP contribution is 2.18. The number of Topliss-reactive ketones (excluding diaryl/α,β-unsaturated/α-hetero) is 1. The van der Waals surface area contributed by atoms with Gasteiger partial charge in [0.05, 0.1) is 25.9 Å². The first-order valence-corrected chi connectivity index (χ1v) is 7.64. The lowest BCUT2D eigenvalue weighted by Gasteiger charge is -2.36. The summed E-state index contributed by atoms with van der Waals surface area (Å²) in [6.07, 6.45) is -0.183. The molecular formula is C16H26N2O3. The molecule has 0 aromatic carbocycles. The van der Waals surface area contributed by atoms with Crippen LogP contribution in [-0.2, 0) is 11.3 Å². The number of carbonyl (C=O) groups excluding carboxylic acids is 1. The molecule has 0 radical (unpaired) electrons. The van der Waals surface area contributed by atoms with Crippen LogP contribution in [0.3, 0.4) is 0 Å². The molecule has 5 heteroatoms. The van der Waals surface area contributed by atoms with Crippen molar-refractivity contribution in [3.05, 3.63) is 23.0 Å². The highest BCUT2D eigenvalue weighted by atomic mass is 16.5. The highest BCUT2D eigenvalue weighted by Gasteiger charge is 2.28. The number of aliphatic hydroxyl groups excluding tert-OH is 1. The summed E-state index contributed by atoms with van der Waals surface area (Å²) >= 11 is 0. The fourth-order valence-corrected chi connectivity index (χ4v) is 3.05. The Balaban J connectivity index is 2.10. The molecule has 2 rings (SSSR count).